The minimum absolute atomic E-state index is 0.785. The Labute approximate surface area is 117 Å². The summed E-state index contributed by atoms with van der Waals surface area (Å²) in [4.78, 5) is 0. The average Bonchev–Trinajstić information content (AvgIpc) is 2.35. The van der Waals surface area contributed by atoms with E-state index in [2.05, 4.69) is 36.5 Å². The van der Waals surface area contributed by atoms with Crippen LogP contribution in [0.3, 0.4) is 0 Å². The van der Waals surface area contributed by atoms with Crippen molar-refractivity contribution in [2.24, 2.45) is 11.8 Å². The number of rotatable bonds is 8. The average molecular weight is 261 g/mol. The summed E-state index contributed by atoms with van der Waals surface area (Å²) in [7, 11) is 1.76. The second kappa shape index (κ2) is 7.66. The Morgan fingerprint density at radius 2 is 2.00 bits per heavy atom. The maximum atomic E-state index is 5.09. The summed E-state index contributed by atoms with van der Waals surface area (Å²) in [6.07, 6.45) is 5.48. The molecule has 1 aliphatic rings. The zero-order valence-corrected chi connectivity index (χ0v) is 12.3. The van der Waals surface area contributed by atoms with Crippen molar-refractivity contribution in [2.45, 2.75) is 32.6 Å². The predicted molar refractivity (Wildman–Crippen MR) is 80.5 cm³/mol. The molecule has 1 N–H and O–H groups in total. The molecule has 1 saturated carbocycles. The molecule has 1 unspecified atom stereocenters. The van der Waals surface area contributed by atoms with Crippen molar-refractivity contribution in [3.63, 3.8) is 0 Å². The van der Waals surface area contributed by atoms with E-state index in [0.717, 1.165) is 31.5 Å². The lowest BCUT2D eigenvalue weighted by atomic mass is 9.73. The summed E-state index contributed by atoms with van der Waals surface area (Å²) < 4.78 is 5.09. The molecule has 0 radical (unpaired) electrons. The third-order valence-electron chi connectivity index (χ3n) is 4.32. The molecular formula is C17H27NO. The third kappa shape index (κ3) is 4.63. The van der Waals surface area contributed by atoms with Gasteiger partial charge in [0.15, 0.2) is 0 Å². The number of benzene rings is 1. The van der Waals surface area contributed by atoms with Crippen molar-refractivity contribution in [1.82, 2.24) is 5.32 Å². The van der Waals surface area contributed by atoms with Gasteiger partial charge in [0.05, 0.1) is 6.61 Å². The van der Waals surface area contributed by atoms with E-state index in [0.29, 0.717) is 0 Å². The summed E-state index contributed by atoms with van der Waals surface area (Å²) in [5.74, 6) is 1.71. The van der Waals surface area contributed by atoms with E-state index in [1.807, 2.05) is 0 Å². The first kappa shape index (κ1) is 14.5. The fourth-order valence-corrected chi connectivity index (χ4v) is 2.81. The Morgan fingerprint density at radius 3 is 2.58 bits per heavy atom. The fraction of sp³-hybridized carbons (Fsp3) is 0.647. The molecule has 0 heterocycles. The van der Waals surface area contributed by atoms with Gasteiger partial charge in [0.1, 0.15) is 0 Å². The Kier molecular flexibility index (Phi) is 5.87. The van der Waals surface area contributed by atoms with Crippen LogP contribution in [-0.4, -0.2) is 26.8 Å². The van der Waals surface area contributed by atoms with Gasteiger partial charge >= 0.3 is 0 Å². The zero-order chi connectivity index (χ0) is 13.5. The van der Waals surface area contributed by atoms with E-state index in [1.54, 1.807) is 7.11 Å². The van der Waals surface area contributed by atoms with Crippen LogP contribution >= 0.6 is 0 Å². The van der Waals surface area contributed by atoms with Crippen LogP contribution in [0.25, 0.3) is 0 Å². The largest absolute Gasteiger partial charge is 0.383 e. The molecule has 1 atom stereocenters. The van der Waals surface area contributed by atoms with Crippen LogP contribution in [0.4, 0.5) is 0 Å². The number of methoxy groups -OCH3 is 1. The van der Waals surface area contributed by atoms with Crippen molar-refractivity contribution < 1.29 is 4.74 Å². The molecule has 1 fully saturated rings. The van der Waals surface area contributed by atoms with Crippen molar-refractivity contribution in [2.75, 3.05) is 26.8 Å². The standard InChI is InChI=1S/C17H27NO/c1-14-6-8-15(9-7-14)12-17(16-4-3-5-16)13-18-10-11-19-2/h6-9,16-18H,3-5,10-13H2,1-2H3. The molecule has 19 heavy (non-hydrogen) atoms. The van der Waals surface area contributed by atoms with Crippen LogP contribution < -0.4 is 5.32 Å². The number of ether oxygens (including phenoxy) is 1. The van der Waals surface area contributed by atoms with Crippen LogP contribution in [0, 0.1) is 18.8 Å². The van der Waals surface area contributed by atoms with Crippen molar-refractivity contribution in [1.29, 1.82) is 0 Å². The Hall–Kier alpha value is -0.860. The maximum Gasteiger partial charge on any atom is 0.0587 e. The molecular weight excluding hydrogens is 234 g/mol. The lowest BCUT2D eigenvalue weighted by Gasteiger charge is -2.34. The van der Waals surface area contributed by atoms with Gasteiger partial charge < -0.3 is 10.1 Å². The Balaban J connectivity index is 1.84. The molecule has 1 aromatic rings. The minimum atomic E-state index is 0.785. The normalized spacial score (nSPS) is 17.2. The van der Waals surface area contributed by atoms with Gasteiger partial charge in [-0.05, 0) is 37.3 Å². The predicted octanol–water partition coefficient (Wildman–Crippen LogP) is 3.19. The quantitative estimate of drug-likeness (QED) is 0.726. The smallest absolute Gasteiger partial charge is 0.0587 e. The van der Waals surface area contributed by atoms with E-state index in [1.165, 1.54) is 36.8 Å². The third-order valence-corrected chi connectivity index (χ3v) is 4.32. The highest BCUT2D eigenvalue weighted by molar-refractivity contribution is 5.21. The highest BCUT2D eigenvalue weighted by Crippen LogP contribution is 2.35. The maximum absolute atomic E-state index is 5.09. The molecule has 2 nitrogen and oxygen atoms in total. The number of aryl methyl sites for hydroxylation is 1. The SMILES string of the molecule is COCCNCC(Cc1ccc(C)cc1)C1CCC1. The molecule has 1 aliphatic carbocycles. The molecule has 0 amide bonds. The fourth-order valence-electron chi connectivity index (χ4n) is 2.81. The minimum Gasteiger partial charge on any atom is -0.383 e. The lowest BCUT2D eigenvalue weighted by Crippen LogP contribution is -2.34. The van der Waals surface area contributed by atoms with Gasteiger partial charge in [-0.25, -0.2) is 0 Å². The van der Waals surface area contributed by atoms with E-state index in [4.69, 9.17) is 4.74 Å². The summed E-state index contributed by atoms with van der Waals surface area (Å²) in [6, 6.07) is 9.03. The second-order valence-corrected chi connectivity index (χ2v) is 5.84. The summed E-state index contributed by atoms with van der Waals surface area (Å²) in [6.45, 7) is 5.05. The Morgan fingerprint density at radius 1 is 1.26 bits per heavy atom. The summed E-state index contributed by atoms with van der Waals surface area (Å²) in [5, 5.41) is 3.54. The van der Waals surface area contributed by atoms with Gasteiger partial charge in [-0.3, -0.25) is 0 Å². The molecule has 106 valence electrons. The van der Waals surface area contributed by atoms with Gasteiger partial charge in [0, 0.05) is 13.7 Å². The molecule has 0 spiro atoms. The topological polar surface area (TPSA) is 21.3 Å². The first-order valence-electron chi connectivity index (χ1n) is 7.55. The second-order valence-electron chi connectivity index (χ2n) is 5.84. The first-order chi connectivity index (χ1) is 9.29. The molecule has 0 bridgehead atoms. The summed E-state index contributed by atoms with van der Waals surface area (Å²) in [5.41, 5.74) is 2.83. The van der Waals surface area contributed by atoms with Crippen LogP contribution in [0.2, 0.25) is 0 Å². The number of hydrogen-bond donors (Lipinski definition) is 1. The van der Waals surface area contributed by atoms with Gasteiger partial charge in [-0.15, -0.1) is 0 Å². The van der Waals surface area contributed by atoms with E-state index in [-0.39, 0.29) is 0 Å². The Bertz CT molecular complexity index is 356. The van der Waals surface area contributed by atoms with Gasteiger partial charge in [-0.2, -0.15) is 0 Å². The summed E-state index contributed by atoms with van der Waals surface area (Å²) >= 11 is 0. The monoisotopic (exact) mass is 261 g/mol. The van der Waals surface area contributed by atoms with Crippen LogP contribution in [0.15, 0.2) is 24.3 Å². The van der Waals surface area contributed by atoms with Crippen molar-refractivity contribution >= 4 is 0 Å². The molecule has 2 rings (SSSR count). The van der Waals surface area contributed by atoms with E-state index < -0.39 is 0 Å². The van der Waals surface area contributed by atoms with Gasteiger partial charge in [-0.1, -0.05) is 49.1 Å². The molecule has 2 heteroatoms. The first-order valence-corrected chi connectivity index (χ1v) is 7.55. The van der Waals surface area contributed by atoms with Crippen molar-refractivity contribution in [3.8, 4) is 0 Å². The number of hydrogen-bond acceptors (Lipinski definition) is 2. The van der Waals surface area contributed by atoms with Crippen molar-refractivity contribution in [3.05, 3.63) is 35.4 Å². The van der Waals surface area contributed by atoms with Crippen LogP contribution in [0.5, 0.6) is 0 Å². The van der Waals surface area contributed by atoms with Gasteiger partial charge in [0.25, 0.3) is 0 Å². The highest BCUT2D eigenvalue weighted by atomic mass is 16.5. The zero-order valence-electron chi connectivity index (χ0n) is 12.3. The van der Waals surface area contributed by atoms with Crippen LogP contribution in [0.1, 0.15) is 30.4 Å². The lowest BCUT2D eigenvalue weighted by molar-refractivity contribution is 0.178. The van der Waals surface area contributed by atoms with E-state index in [9.17, 15) is 0 Å². The van der Waals surface area contributed by atoms with E-state index >= 15 is 0 Å². The van der Waals surface area contributed by atoms with Gasteiger partial charge in [0.2, 0.25) is 0 Å². The van der Waals surface area contributed by atoms with Crippen LogP contribution in [-0.2, 0) is 11.2 Å². The molecule has 0 aliphatic heterocycles. The molecule has 0 saturated heterocycles. The highest BCUT2D eigenvalue weighted by Gasteiger charge is 2.26. The molecule has 0 aromatic heterocycles. The number of nitrogens with one attached hydrogen (secondary N) is 1. The molecule has 1 aromatic carbocycles.